The molecule has 0 spiro atoms. The fourth-order valence-electron chi connectivity index (χ4n) is 2.71. The second kappa shape index (κ2) is 10.9. The van der Waals surface area contributed by atoms with E-state index >= 15 is 0 Å². The number of nitrogens with one attached hydrogen (secondary N) is 2. The lowest BCUT2D eigenvalue weighted by molar-refractivity contribution is -0.137. The number of hydrogen-bond donors (Lipinski definition) is 3. The molecule has 2 rings (SSSR count). The lowest BCUT2D eigenvalue weighted by atomic mass is 10.0. The number of benzene rings is 1. The Kier molecular flexibility index (Phi) is 8.27. The Balaban J connectivity index is 1.90. The number of carbonyl (C=O) groups is 2. The van der Waals surface area contributed by atoms with Crippen LogP contribution in [0.2, 0.25) is 0 Å². The van der Waals surface area contributed by atoms with E-state index in [1.54, 1.807) is 18.3 Å². The van der Waals surface area contributed by atoms with E-state index in [-0.39, 0.29) is 24.6 Å². The number of aliphatic carboxylic acids is 1. The van der Waals surface area contributed by atoms with E-state index in [0.29, 0.717) is 25.3 Å². The molecule has 7 heteroatoms. The zero-order chi connectivity index (χ0) is 20.4. The molecule has 0 saturated carbocycles. The average Bonchev–Trinajstić information content (AvgIpc) is 2.65. The molecule has 28 heavy (non-hydrogen) atoms. The average molecular weight is 385 g/mol. The summed E-state index contributed by atoms with van der Waals surface area (Å²) in [7, 11) is 0. The van der Waals surface area contributed by atoms with Gasteiger partial charge in [-0.3, -0.25) is 4.79 Å². The Labute approximate surface area is 165 Å². The normalized spacial score (nSPS) is 11.7. The topological polar surface area (TPSA) is 101 Å². The minimum atomic E-state index is -0.880. The van der Waals surface area contributed by atoms with E-state index in [2.05, 4.69) is 15.6 Å². The molecule has 3 N–H and O–H groups in total. The Hall–Kier alpha value is -3.09. The monoisotopic (exact) mass is 385 g/mol. The zero-order valence-electron chi connectivity index (χ0n) is 16.2. The number of amides is 2. The first-order valence-electron chi connectivity index (χ1n) is 9.34. The third kappa shape index (κ3) is 8.07. The van der Waals surface area contributed by atoms with Crippen molar-refractivity contribution in [2.75, 3.05) is 0 Å². The highest BCUT2D eigenvalue weighted by molar-refractivity contribution is 5.74. The Morgan fingerprint density at radius 2 is 1.89 bits per heavy atom. The molecule has 1 heterocycles. The summed E-state index contributed by atoms with van der Waals surface area (Å²) in [6.45, 7) is 4.16. The Morgan fingerprint density at radius 1 is 1.14 bits per heavy atom. The van der Waals surface area contributed by atoms with Gasteiger partial charge >= 0.3 is 12.0 Å². The van der Waals surface area contributed by atoms with Gasteiger partial charge < -0.3 is 20.5 Å². The maximum atomic E-state index is 12.3. The summed E-state index contributed by atoms with van der Waals surface area (Å²) in [5.74, 6) is -0.368. The summed E-state index contributed by atoms with van der Waals surface area (Å²) in [5.41, 5.74) is 1.91. The maximum absolute atomic E-state index is 12.3. The summed E-state index contributed by atoms with van der Waals surface area (Å²) in [4.78, 5) is 27.4. The highest BCUT2D eigenvalue weighted by Crippen LogP contribution is 2.11. The largest absolute Gasteiger partial charge is 0.481 e. The molecule has 0 bridgehead atoms. The molecule has 7 nitrogen and oxygen atoms in total. The van der Waals surface area contributed by atoms with Crippen LogP contribution in [0.5, 0.6) is 5.88 Å². The lowest BCUT2D eigenvalue weighted by Crippen LogP contribution is -2.43. The molecule has 150 valence electrons. The van der Waals surface area contributed by atoms with Crippen LogP contribution in [0.15, 0.2) is 48.7 Å². The van der Waals surface area contributed by atoms with Crippen molar-refractivity contribution in [2.45, 2.75) is 51.8 Å². The first-order chi connectivity index (χ1) is 13.4. The standard InChI is InChI=1S/C21H27N3O4/c1-15(2)28-19-13-17(10-11-22-19)14-23-21(27)24-18(8-9-20(25)26)12-16-6-4-3-5-7-16/h3-7,10-11,13,15,18H,8-9,12,14H2,1-2H3,(H,25,26)(H2,23,24,27). The third-order valence-corrected chi connectivity index (χ3v) is 3.98. The molecule has 2 amide bonds. The van der Waals surface area contributed by atoms with Crippen molar-refractivity contribution >= 4 is 12.0 Å². The van der Waals surface area contributed by atoms with Crippen LogP contribution in [0.4, 0.5) is 4.79 Å². The lowest BCUT2D eigenvalue weighted by Gasteiger charge is -2.19. The van der Waals surface area contributed by atoms with Crippen LogP contribution in [-0.4, -0.2) is 34.2 Å². The second-order valence-electron chi connectivity index (χ2n) is 6.82. The number of nitrogens with zero attached hydrogens (tertiary/aromatic N) is 1. The maximum Gasteiger partial charge on any atom is 0.315 e. The van der Waals surface area contributed by atoms with Gasteiger partial charge in [0.05, 0.1) is 6.10 Å². The van der Waals surface area contributed by atoms with Crippen LogP contribution < -0.4 is 15.4 Å². The first kappa shape index (κ1) is 21.2. The van der Waals surface area contributed by atoms with E-state index in [4.69, 9.17) is 9.84 Å². The molecule has 0 aliphatic carbocycles. The van der Waals surface area contributed by atoms with Crippen molar-refractivity contribution < 1.29 is 19.4 Å². The second-order valence-corrected chi connectivity index (χ2v) is 6.82. The summed E-state index contributed by atoms with van der Waals surface area (Å²) < 4.78 is 5.55. The van der Waals surface area contributed by atoms with Crippen molar-refractivity contribution in [3.05, 3.63) is 59.8 Å². The van der Waals surface area contributed by atoms with Crippen LogP contribution in [-0.2, 0) is 17.8 Å². The van der Waals surface area contributed by atoms with E-state index in [0.717, 1.165) is 11.1 Å². The van der Waals surface area contributed by atoms with Crippen molar-refractivity contribution in [3.63, 3.8) is 0 Å². The minimum Gasteiger partial charge on any atom is -0.481 e. The van der Waals surface area contributed by atoms with Gasteiger partial charge in [-0.25, -0.2) is 9.78 Å². The number of carboxylic acid groups (broad SMARTS) is 1. The molecule has 0 saturated heterocycles. The summed E-state index contributed by atoms with van der Waals surface area (Å²) in [6.07, 6.45) is 2.59. The number of ether oxygens (including phenoxy) is 1. The Morgan fingerprint density at radius 3 is 2.57 bits per heavy atom. The van der Waals surface area contributed by atoms with E-state index in [1.165, 1.54) is 0 Å². The fourth-order valence-corrected chi connectivity index (χ4v) is 2.71. The predicted molar refractivity (Wildman–Crippen MR) is 106 cm³/mol. The first-order valence-corrected chi connectivity index (χ1v) is 9.34. The van der Waals surface area contributed by atoms with E-state index < -0.39 is 5.97 Å². The molecule has 2 aromatic rings. The number of urea groups is 1. The smallest absolute Gasteiger partial charge is 0.315 e. The fraction of sp³-hybridized carbons (Fsp3) is 0.381. The van der Waals surface area contributed by atoms with E-state index in [9.17, 15) is 9.59 Å². The number of hydrogen-bond acceptors (Lipinski definition) is 4. The Bertz CT molecular complexity index is 765. The summed E-state index contributed by atoms with van der Waals surface area (Å²) in [5, 5.41) is 14.6. The van der Waals surface area contributed by atoms with Gasteiger partial charge in [0.2, 0.25) is 5.88 Å². The van der Waals surface area contributed by atoms with Gasteiger partial charge in [0.1, 0.15) is 0 Å². The molecular weight excluding hydrogens is 358 g/mol. The number of carbonyl (C=O) groups excluding carboxylic acids is 1. The van der Waals surface area contributed by atoms with Crippen molar-refractivity contribution in [3.8, 4) is 5.88 Å². The van der Waals surface area contributed by atoms with Crippen LogP contribution in [0.25, 0.3) is 0 Å². The van der Waals surface area contributed by atoms with Gasteiger partial charge in [-0.05, 0) is 43.9 Å². The molecule has 0 fully saturated rings. The zero-order valence-corrected chi connectivity index (χ0v) is 16.2. The molecule has 0 aliphatic rings. The highest BCUT2D eigenvalue weighted by atomic mass is 16.5. The molecule has 0 radical (unpaired) electrons. The molecule has 0 aliphatic heterocycles. The summed E-state index contributed by atoms with van der Waals surface area (Å²) in [6, 6.07) is 12.7. The van der Waals surface area contributed by atoms with Gasteiger partial charge in [0.25, 0.3) is 0 Å². The summed E-state index contributed by atoms with van der Waals surface area (Å²) >= 11 is 0. The molecule has 1 unspecified atom stereocenters. The molecular formula is C21H27N3O4. The van der Waals surface area contributed by atoms with Crippen LogP contribution in [0.3, 0.4) is 0 Å². The number of rotatable bonds is 10. The quantitative estimate of drug-likeness (QED) is 0.583. The van der Waals surface area contributed by atoms with Gasteiger partial charge in [0, 0.05) is 31.3 Å². The SMILES string of the molecule is CC(C)Oc1cc(CNC(=O)NC(CCC(=O)O)Cc2ccccc2)ccn1. The van der Waals surface area contributed by atoms with Crippen molar-refractivity contribution in [2.24, 2.45) is 0 Å². The van der Waals surface area contributed by atoms with Crippen LogP contribution in [0, 0.1) is 0 Å². The van der Waals surface area contributed by atoms with Gasteiger partial charge in [-0.2, -0.15) is 0 Å². The van der Waals surface area contributed by atoms with Crippen LogP contribution in [0.1, 0.15) is 37.8 Å². The molecule has 1 atom stereocenters. The highest BCUT2D eigenvalue weighted by Gasteiger charge is 2.15. The van der Waals surface area contributed by atoms with Crippen molar-refractivity contribution in [1.82, 2.24) is 15.6 Å². The molecule has 1 aromatic heterocycles. The van der Waals surface area contributed by atoms with Crippen molar-refractivity contribution in [1.29, 1.82) is 0 Å². The minimum absolute atomic E-state index is 0.00195. The van der Waals surface area contributed by atoms with Gasteiger partial charge in [0.15, 0.2) is 0 Å². The predicted octanol–water partition coefficient (Wildman–Crippen LogP) is 3.14. The number of aromatic nitrogens is 1. The third-order valence-electron chi connectivity index (χ3n) is 3.98. The van der Waals surface area contributed by atoms with Gasteiger partial charge in [-0.1, -0.05) is 30.3 Å². The molecule has 1 aromatic carbocycles. The number of pyridine rings is 1. The van der Waals surface area contributed by atoms with E-state index in [1.807, 2.05) is 44.2 Å². The van der Waals surface area contributed by atoms with Crippen LogP contribution >= 0.6 is 0 Å². The number of carboxylic acids is 1. The van der Waals surface area contributed by atoms with Gasteiger partial charge in [-0.15, -0.1) is 0 Å².